The maximum Gasteiger partial charge on any atom is 0.237 e. The minimum absolute atomic E-state index is 0.192. The van der Waals surface area contributed by atoms with Gasteiger partial charge in [0.05, 0.1) is 0 Å². The molecule has 1 rings (SSSR count). The molecule has 0 saturated carbocycles. The van der Waals surface area contributed by atoms with Crippen molar-refractivity contribution in [2.24, 2.45) is 26.9 Å². The average Bonchev–Trinajstić information content (AvgIpc) is 1.79. The maximum atomic E-state index is 6.17. The van der Waals surface area contributed by atoms with Gasteiger partial charge in [-0.25, -0.2) is 9.98 Å². The van der Waals surface area contributed by atoms with Crippen LogP contribution in [0.25, 0.3) is 0 Å². The van der Waals surface area contributed by atoms with Crippen LogP contribution in [0, 0.1) is 5.41 Å². The van der Waals surface area contributed by atoms with Crippen molar-refractivity contribution in [3.05, 3.63) is 0 Å². The first-order chi connectivity index (χ1) is 5.74. The van der Waals surface area contributed by atoms with Gasteiger partial charge in [0.25, 0.3) is 0 Å². The molecule has 0 aromatic heterocycles. The standard InChI is InChI=1S/C7H14ClN5/c1-6(2,3)7(8)12-4(9)11-5(10)13-7/h1-3H3,(H5,9,10,11,12,13). The van der Waals surface area contributed by atoms with E-state index in [1.54, 1.807) is 0 Å². The van der Waals surface area contributed by atoms with E-state index in [4.69, 9.17) is 23.1 Å². The van der Waals surface area contributed by atoms with Crippen molar-refractivity contribution in [2.75, 3.05) is 0 Å². The first-order valence-corrected chi connectivity index (χ1v) is 4.29. The number of rotatable bonds is 0. The molecule has 0 unspecified atom stereocenters. The summed E-state index contributed by atoms with van der Waals surface area (Å²) in [6, 6.07) is 0. The summed E-state index contributed by atoms with van der Waals surface area (Å²) in [5.74, 6) is 0.384. The van der Waals surface area contributed by atoms with Gasteiger partial charge in [0.15, 0.2) is 11.9 Å². The van der Waals surface area contributed by atoms with Crippen LogP contribution in [-0.4, -0.2) is 17.0 Å². The Morgan fingerprint density at radius 3 is 1.92 bits per heavy atom. The van der Waals surface area contributed by atoms with E-state index in [0.717, 1.165) is 0 Å². The van der Waals surface area contributed by atoms with Gasteiger partial charge in [0, 0.05) is 5.41 Å². The average molecular weight is 204 g/mol. The van der Waals surface area contributed by atoms with Gasteiger partial charge in [-0.2, -0.15) is 0 Å². The van der Waals surface area contributed by atoms with Gasteiger partial charge in [0.2, 0.25) is 5.12 Å². The Morgan fingerprint density at radius 2 is 1.62 bits per heavy atom. The molecule has 13 heavy (non-hydrogen) atoms. The van der Waals surface area contributed by atoms with E-state index >= 15 is 0 Å². The molecule has 0 atom stereocenters. The normalized spacial score (nSPS) is 21.5. The third-order valence-electron chi connectivity index (χ3n) is 1.75. The molecule has 0 aromatic carbocycles. The molecule has 0 aliphatic carbocycles. The summed E-state index contributed by atoms with van der Waals surface area (Å²) in [4.78, 5) is 8.03. The summed E-state index contributed by atoms with van der Waals surface area (Å²) in [7, 11) is 0. The molecule has 0 amide bonds. The summed E-state index contributed by atoms with van der Waals surface area (Å²) in [5, 5.41) is 1.47. The Morgan fingerprint density at radius 1 is 1.23 bits per heavy atom. The summed E-state index contributed by atoms with van der Waals surface area (Å²) in [6.07, 6.45) is 0. The highest BCUT2D eigenvalue weighted by molar-refractivity contribution is 6.26. The molecule has 5 N–H and O–H groups in total. The number of aliphatic imine (C=N–C) groups is 2. The lowest BCUT2D eigenvalue weighted by Crippen LogP contribution is -2.51. The maximum absolute atomic E-state index is 6.17. The predicted octanol–water partition coefficient (Wildman–Crippen LogP) is 0.158. The van der Waals surface area contributed by atoms with E-state index in [2.05, 4.69) is 15.3 Å². The highest BCUT2D eigenvalue weighted by atomic mass is 35.5. The molecule has 74 valence electrons. The van der Waals surface area contributed by atoms with Crippen LogP contribution in [0.4, 0.5) is 0 Å². The molecule has 5 nitrogen and oxygen atoms in total. The lowest BCUT2D eigenvalue weighted by atomic mass is 9.92. The van der Waals surface area contributed by atoms with Crippen molar-refractivity contribution in [1.82, 2.24) is 5.32 Å². The Hall–Kier alpha value is -0.970. The predicted molar refractivity (Wildman–Crippen MR) is 54.4 cm³/mol. The van der Waals surface area contributed by atoms with Crippen LogP contribution in [0.3, 0.4) is 0 Å². The molecule has 0 fully saturated rings. The quantitative estimate of drug-likeness (QED) is 0.387. The number of nitrogens with one attached hydrogen (secondary N) is 1. The molecule has 0 radical (unpaired) electrons. The number of nitrogens with two attached hydrogens (primary N) is 2. The zero-order valence-electron chi connectivity index (χ0n) is 7.93. The summed E-state index contributed by atoms with van der Waals surface area (Å²) in [6.45, 7) is 5.75. The molecule has 0 saturated heterocycles. The van der Waals surface area contributed by atoms with E-state index < -0.39 is 5.12 Å². The third kappa shape index (κ3) is 1.85. The molecular formula is C7H14ClN5. The molecular weight excluding hydrogens is 190 g/mol. The van der Waals surface area contributed by atoms with Crippen LogP contribution < -0.4 is 16.8 Å². The number of halogens is 1. The zero-order chi connectivity index (χ0) is 10.3. The fourth-order valence-corrected chi connectivity index (χ4v) is 1.05. The third-order valence-corrected chi connectivity index (χ3v) is 2.48. The lowest BCUT2D eigenvalue weighted by Gasteiger charge is -2.34. The lowest BCUT2D eigenvalue weighted by molar-refractivity contribution is 0.287. The van der Waals surface area contributed by atoms with Gasteiger partial charge in [-0.15, -0.1) is 0 Å². The monoisotopic (exact) mass is 203 g/mol. The second-order valence-electron chi connectivity index (χ2n) is 3.96. The van der Waals surface area contributed by atoms with Crippen LogP contribution >= 0.6 is 11.6 Å². The topological polar surface area (TPSA) is 88.8 Å². The van der Waals surface area contributed by atoms with Gasteiger partial charge in [0.1, 0.15) is 0 Å². The van der Waals surface area contributed by atoms with Crippen molar-refractivity contribution in [3.63, 3.8) is 0 Å². The van der Waals surface area contributed by atoms with E-state index in [0.29, 0.717) is 0 Å². The highest BCUT2D eigenvalue weighted by Gasteiger charge is 2.42. The number of guanidine groups is 2. The second kappa shape index (κ2) is 2.77. The van der Waals surface area contributed by atoms with Gasteiger partial charge in [-0.1, -0.05) is 32.4 Å². The summed E-state index contributed by atoms with van der Waals surface area (Å²) < 4.78 is 0. The fraction of sp³-hybridized carbons (Fsp3) is 0.714. The SMILES string of the molecule is CC(C)(C)C1(Cl)N=C(N)NC(N)=N1. The summed E-state index contributed by atoms with van der Waals surface area (Å²) in [5.41, 5.74) is 10.6. The summed E-state index contributed by atoms with van der Waals surface area (Å²) >= 11 is 6.17. The number of hydrogen-bond acceptors (Lipinski definition) is 5. The molecule has 0 aromatic rings. The van der Waals surface area contributed by atoms with Crippen LogP contribution in [0.2, 0.25) is 0 Å². The van der Waals surface area contributed by atoms with Crippen molar-refractivity contribution >= 4 is 23.5 Å². The van der Waals surface area contributed by atoms with Crippen LogP contribution in [0.15, 0.2) is 9.98 Å². The van der Waals surface area contributed by atoms with Crippen molar-refractivity contribution in [2.45, 2.75) is 25.9 Å². The zero-order valence-corrected chi connectivity index (χ0v) is 8.68. The van der Waals surface area contributed by atoms with E-state index in [-0.39, 0.29) is 17.3 Å². The molecule has 0 bridgehead atoms. The Kier molecular flexibility index (Phi) is 2.15. The van der Waals surface area contributed by atoms with Crippen LogP contribution in [0.5, 0.6) is 0 Å². The van der Waals surface area contributed by atoms with Crippen molar-refractivity contribution in [1.29, 1.82) is 0 Å². The molecule has 1 aliphatic rings. The number of hydrogen-bond donors (Lipinski definition) is 3. The first-order valence-electron chi connectivity index (χ1n) is 3.91. The Bertz CT molecular complexity index is 257. The van der Waals surface area contributed by atoms with Crippen LogP contribution in [-0.2, 0) is 0 Å². The Labute approximate surface area is 82.2 Å². The minimum atomic E-state index is -1.10. The van der Waals surface area contributed by atoms with E-state index in [1.807, 2.05) is 20.8 Å². The smallest absolute Gasteiger partial charge is 0.237 e. The number of nitrogens with zero attached hydrogens (tertiary/aromatic N) is 2. The molecule has 6 heteroatoms. The first kappa shape index (κ1) is 10.1. The second-order valence-corrected chi connectivity index (χ2v) is 4.48. The van der Waals surface area contributed by atoms with E-state index in [1.165, 1.54) is 0 Å². The van der Waals surface area contributed by atoms with E-state index in [9.17, 15) is 0 Å². The molecule has 1 aliphatic heterocycles. The van der Waals surface area contributed by atoms with Gasteiger partial charge >= 0.3 is 0 Å². The number of alkyl halides is 1. The van der Waals surface area contributed by atoms with Gasteiger partial charge in [-0.05, 0) is 0 Å². The van der Waals surface area contributed by atoms with Crippen LogP contribution in [0.1, 0.15) is 20.8 Å². The largest absolute Gasteiger partial charge is 0.370 e. The van der Waals surface area contributed by atoms with Crippen molar-refractivity contribution in [3.8, 4) is 0 Å². The molecule has 0 spiro atoms. The highest BCUT2D eigenvalue weighted by Crippen LogP contribution is 2.39. The Balaban J connectivity index is 3.09. The van der Waals surface area contributed by atoms with Gasteiger partial charge < -0.3 is 11.5 Å². The van der Waals surface area contributed by atoms with Gasteiger partial charge in [-0.3, -0.25) is 5.32 Å². The van der Waals surface area contributed by atoms with Crippen molar-refractivity contribution < 1.29 is 0 Å². The molecule has 1 heterocycles. The minimum Gasteiger partial charge on any atom is -0.370 e. The fourth-order valence-electron chi connectivity index (χ4n) is 0.867.